The fourth-order valence-electron chi connectivity index (χ4n) is 2.94. The van der Waals surface area contributed by atoms with Crippen LogP contribution >= 0.6 is 35.0 Å². The molecule has 2 rings (SSSR count). The van der Waals surface area contributed by atoms with E-state index in [0.717, 1.165) is 11.3 Å². The maximum Gasteiger partial charge on any atom is 0.242 e. The van der Waals surface area contributed by atoms with E-state index in [1.165, 1.54) is 11.1 Å². The lowest BCUT2D eigenvalue weighted by molar-refractivity contribution is -0.139. The molecule has 0 radical (unpaired) electrons. The fraction of sp³-hybridized carbons (Fsp3) is 0.364. The van der Waals surface area contributed by atoms with Gasteiger partial charge in [-0.25, -0.2) is 0 Å². The zero-order chi connectivity index (χ0) is 21.4. The summed E-state index contributed by atoms with van der Waals surface area (Å²) in [6.45, 7) is 4.24. The number of carbonyl (C=O) groups is 2. The van der Waals surface area contributed by atoms with Crippen LogP contribution in [0.2, 0.25) is 10.0 Å². The second-order valence-electron chi connectivity index (χ2n) is 6.79. The summed E-state index contributed by atoms with van der Waals surface area (Å²) in [5.74, 6) is 0.777. The maximum atomic E-state index is 13.0. The number of aryl methyl sites for hydroxylation is 1. The van der Waals surface area contributed by atoms with Crippen molar-refractivity contribution < 1.29 is 9.59 Å². The Bertz CT molecular complexity index is 843. The molecule has 1 N–H and O–H groups in total. The molecule has 0 aliphatic rings. The van der Waals surface area contributed by atoms with Crippen molar-refractivity contribution in [3.8, 4) is 0 Å². The minimum absolute atomic E-state index is 0.0800. The minimum atomic E-state index is -0.540. The number of carbonyl (C=O) groups excluding carboxylic acids is 2. The van der Waals surface area contributed by atoms with Crippen LogP contribution in [0.3, 0.4) is 0 Å². The smallest absolute Gasteiger partial charge is 0.242 e. The number of thioether (sulfide) groups is 1. The average molecular weight is 453 g/mol. The van der Waals surface area contributed by atoms with Crippen LogP contribution in [0.15, 0.2) is 42.5 Å². The van der Waals surface area contributed by atoms with E-state index >= 15 is 0 Å². The number of hydrogen-bond donors (Lipinski definition) is 1. The molecule has 0 bridgehead atoms. The lowest BCUT2D eigenvalue weighted by atomic mass is 10.1. The van der Waals surface area contributed by atoms with Crippen molar-refractivity contribution in [2.45, 2.75) is 38.6 Å². The van der Waals surface area contributed by atoms with Gasteiger partial charge in [0.15, 0.2) is 0 Å². The molecule has 0 aromatic heterocycles. The van der Waals surface area contributed by atoms with Crippen molar-refractivity contribution in [1.29, 1.82) is 0 Å². The van der Waals surface area contributed by atoms with Crippen LogP contribution in [0.1, 0.15) is 30.0 Å². The van der Waals surface area contributed by atoms with E-state index in [0.29, 0.717) is 28.8 Å². The lowest BCUT2D eigenvalue weighted by Crippen LogP contribution is -2.48. The Morgan fingerprint density at radius 1 is 1.07 bits per heavy atom. The van der Waals surface area contributed by atoms with Crippen LogP contribution in [-0.4, -0.2) is 35.6 Å². The SMILES string of the molecule is CC[C@@H](C(=O)NC)N(Cc1ccc(Cl)c(Cl)c1)C(=O)CSCc1ccc(C)cc1. The molecule has 1 atom stereocenters. The molecule has 0 aliphatic heterocycles. The molecule has 0 unspecified atom stereocenters. The van der Waals surface area contributed by atoms with Crippen LogP contribution in [-0.2, 0) is 21.9 Å². The molecule has 2 amide bonds. The van der Waals surface area contributed by atoms with Crippen LogP contribution < -0.4 is 5.32 Å². The lowest BCUT2D eigenvalue weighted by Gasteiger charge is -2.30. The van der Waals surface area contributed by atoms with Gasteiger partial charge in [-0.2, -0.15) is 0 Å². The largest absolute Gasteiger partial charge is 0.357 e. The third-order valence-electron chi connectivity index (χ3n) is 4.58. The minimum Gasteiger partial charge on any atom is -0.357 e. The number of benzene rings is 2. The standard InChI is InChI=1S/C22H26Cl2N2O2S/c1-4-20(22(28)25-3)26(12-17-9-10-18(23)19(24)11-17)21(27)14-29-13-16-7-5-15(2)6-8-16/h5-11,20H,4,12-14H2,1-3H3,(H,25,28)/t20-/m0/s1. The Balaban J connectivity index is 2.11. The van der Waals surface area contributed by atoms with Gasteiger partial charge in [0.1, 0.15) is 6.04 Å². The predicted molar refractivity (Wildman–Crippen MR) is 122 cm³/mol. The second kappa shape index (κ2) is 11.5. The number of likely N-dealkylation sites (N-methyl/N-ethyl adjacent to an activating group) is 1. The van der Waals surface area contributed by atoms with Crippen molar-refractivity contribution >= 4 is 46.8 Å². The molecular formula is C22H26Cl2N2O2S. The Kier molecular flexibility index (Phi) is 9.34. The molecule has 4 nitrogen and oxygen atoms in total. The number of nitrogens with zero attached hydrogens (tertiary/aromatic N) is 1. The van der Waals surface area contributed by atoms with Gasteiger partial charge in [0.05, 0.1) is 15.8 Å². The molecule has 156 valence electrons. The Hall–Kier alpha value is -1.69. The topological polar surface area (TPSA) is 49.4 Å². The summed E-state index contributed by atoms with van der Waals surface area (Å²) in [4.78, 5) is 27.0. The molecule has 29 heavy (non-hydrogen) atoms. The van der Waals surface area contributed by atoms with Crippen molar-refractivity contribution in [1.82, 2.24) is 10.2 Å². The van der Waals surface area contributed by atoms with E-state index < -0.39 is 6.04 Å². The monoisotopic (exact) mass is 452 g/mol. The molecule has 0 aliphatic carbocycles. The van der Waals surface area contributed by atoms with Gasteiger partial charge in [-0.05, 0) is 36.6 Å². The first-order valence-corrected chi connectivity index (χ1v) is 11.3. The molecule has 0 spiro atoms. The van der Waals surface area contributed by atoms with E-state index in [2.05, 4.69) is 29.6 Å². The first-order chi connectivity index (χ1) is 13.8. The van der Waals surface area contributed by atoms with E-state index in [1.54, 1.807) is 35.8 Å². The number of amides is 2. The summed E-state index contributed by atoms with van der Waals surface area (Å²) in [6, 6.07) is 13.0. The summed E-state index contributed by atoms with van der Waals surface area (Å²) in [7, 11) is 1.58. The highest BCUT2D eigenvalue weighted by molar-refractivity contribution is 7.99. The number of nitrogens with one attached hydrogen (secondary N) is 1. The zero-order valence-electron chi connectivity index (χ0n) is 16.9. The number of rotatable bonds is 9. The van der Waals surface area contributed by atoms with Crippen LogP contribution in [0, 0.1) is 6.92 Å². The van der Waals surface area contributed by atoms with Gasteiger partial charge in [-0.3, -0.25) is 9.59 Å². The summed E-state index contributed by atoms with van der Waals surface area (Å²) < 4.78 is 0. The molecule has 2 aromatic carbocycles. The van der Waals surface area contributed by atoms with Crippen molar-refractivity contribution in [3.63, 3.8) is 0 Å². The molecule has 7 heteroatoms. The Morgan fingerprint density at radius 3 is 2.31 bits per heavy atom. The van der Waals surface area contributed by atoms with Gasteiger partial charge in [0.2, 0.25) is 11.8 Å². The van der Waals surface area contributed by atoms with Crippen molar-refractivity contribution in [3.05, 3.63) is 69.2 Å². The van der Waals surface area contributed by atoms with Gasteiger partial charge < -0.3 is 10.2 Å². The van der Waals surface area contributed by atoms with E-state index in [4.69, 9.17) is 23.2 Å². The fourth-order valence-corrected chi connectivity index (χ4v) is 4.14. The third kappa shape index (κ3) is 6.95. The molecule has 2 aromatic rings. The summed E-state index contributed by atoms with van der Waals surface area (Å²) in [5, 5.41) is 3.55. The number of hydrogen-bond acceptors (Lipinski definition) is 3. The molecule has 0 saturated heterocycles. The molecule has 0 saturated carbocycles. The van der Waals surface area contributed by atoms with Crippen LogP contribution in [0.5, 0.6) is 0 Å². The van der Waals surface area contributed by atoms with E-state index in [9.17, 15) is 9.59 Å². The van der Waals surface area contributed by atoms with Gasteiger partial charge in [-0.15, -0.1) is 11.8 Å². The highest BCUT2D eigenvalue weighted by atomic mass is 35.5. The molecule has 0 heterocycles. The highest BCUT2D eigenvalue weighted by Crippen LogP contribution is 2.24. The Labute approximate surface area is 187 Å². The van der Waals surface area contributed by atoms with Crippen LogP contribution in [0.4, 0.5) is 0 Å². The average Bonchev–Trinajstić information content (AvgIpc) is 2.71. The summed E-state index contributed by atoms with van der Waals surface area (Å²) >= 11 is 13.7. The van der Waals surface area contributed by atoms with Gasteiger partial charge in [-0.1, -0.05) is 66.0 Å². The predicted octanol–water partition coefficient (Wildman–Crippen LogP) is 5.09. The van der Waals surface area contributed by atoms with Crippen molar-refractivity contribution in [2.24, 2.45) is 0 Å². The van der Waals surface area contributed by atoms with Gasteiger partial charge in [0, 0.05) is 19.3 Å². The second-order valence-corrected chi connectivity index (χ2v) is 8.59. The van der Waals surface area contributed by atoms with Crippen LogP contribution in [0.25, 0.3) is 0 Å². The zero-order valence-corrected chi connectivity index (χ0v) is 19.2. The van der Waals surface area contributed by atoms with E-state index in [1.807, 2.05) is 19.9 Å². The molecular weight excluding hydrogens is 427 g/mol. The quantitative estimate of drug-likeness (QED) is 0.576. The van der Waals surface area contributed by atoms with Crippen molar-refractivity contribution in [2.75, 3.05) is 12.8 Å². The Morgan fingerprint density at radius 2 is 1.72 bits per heavy atom. The maximum absolute atomic E-state index is 13.0. The first-order valence-electron chi connectivity index (χ1n) is 9.44. The normalized spacial score (nSPS) is 11.8. The summed E-state index contributed by atoms with van der Waals surface area (Å²) in [6.07, 6.45) is 0.523. The molecule has 0 fully saturated rings. The third-order valence-corrected chi connectivity index (χ3v) is 6.31. The van der Waals surface area contributed by atoms with Gasteiger partial charge >= 0.3 is 0 Å². The van der Waals surface area contributed by atoms with E-state index in [-0.39, 0.29) is 11.8 Å². The summed E-state index contributed by atoms with van der Waals surface area (Å²) in [5.41, 5.74) is 3.21. The first kappa shape index (κ1) is 23.6. The van der Waals surface area contributed by atoms with Gasteiger partial charge in [0.25, 0.3) is 0 Å². The number of halogens is 2. The highest BCUT2D eigenvalue weighted by Gasteiger charge is 2.27.